The summed E-state index contributed by atoms with van der Waals surface area (Å²) >= 11 is 0. The van der Waals surface area contributed by atoms with Crippen LogP contribution in [0.5, 0.6) is 11.5 Å². The highest BCUT2D eigenvalue weighted by atomic mass is 16.5. The van der Waals surface area contributed by atoms with Crippen LogP contribution in [0.4, 0.5) is 0 Å². The molecule has 204 valence electrons. The van der Waals surface area contributed by atoms with Crippen LogP contribution in [0.1, 0.15) is 79.5 Å². The zero-order valence-corrected chi connectivity index (χ0v) is 22.2. The molecule has 1 aromatic carbocycles. The van der Waals surface area contributed by atoms with E-state index in [4.69, 9.17) is 9.15 Å². The van der Waals surface area contributed by atoms with Gasteiger partial charge in [-0.2, -0.15) is 0 Å². The van der Waals surface area contributed by atoms with Gasteiger partial charge in [0.05, 0.1) is 12.7 Å². The molecule has 8 nitrogen and oxygen atoms in total. The number of nitrogens with one attached hydrogen (secondary N) is 2. The summed E-state index contributed by atoms with van der Waals surface area (Å²) < 4.78 is 11.7. The topological polar surface area (TPSA) is 131 Å². The summed E-state index contributed by atoms with van der Waals surface area (Å²) in [5.74, 6) is 2.24. The number of aromatic amines is 1. The lowest BCUT2D eigenvalue weighted by Crippen LogP contribution is -2.27. The molecule has 37 heavy (non-hydrogen) atoms. The Morgan fingerprint density at radius 2 is 1.86 bits per heavy atom. The van der Waals surface area contributed by atoms with Crippen LogP contribution in [0.15, 0.2) is 40.9 Å². The Hall–Kier alpha value is -2.78. The Morgan fingerprint density at radius 1 is 1.05 bits per heavy atom. The number of hydrogen-bond donors (Lipinski definition) is 6. The average Bonchev–Trinajstić information content (AvgIpc) is 3.53. The summed E-state index contributed by atoms with van der Waals surface area (Å²) in [6.45, 7) is 7.16. The number of aliphatic hydroxyl groups excluding tert-OH is 3. The summed E-state index contributed by atoms with van der Waals surface area (Å²) in [6, 6.07) is 9.06. The number of aliphatic hydroxyl groups is 3. The van der Waals surface area contributed by atoms with Crippen LogP contribution < -0.4 is 10.1 Å². The number of phenolic OH excluding ortho intramolecular Hbond substituents is 1. The van der Waals surface area contributed by atoms with Crippen LogP contribution in [0.25, 0.3) is 0 Å². The number of aromatic hydroxyl groups is 1. The molecule has 0 amide bonds. The van der Waals surface area contributed by atoms with Gasteiger partial charge in [-0.15, -0.1) is 0 Å². The molecule has 2 heterocycles. The number of aryl methyl sites for hydroxylation is 3. The molecule has 0 aliphatic carbocycles. The van der Waals surface area contributed by atoms with Crippen molar-refractivity contribution in [1.82, 2.24) is 10.3 Å². The van der Waals surface area contributed by atoms with Crippen LogP contribution >= 0.6 is 0 Å². The van der Waals surface area contributed by atoms with Crippen molar-refractivity contribution in [3.05, 3.63) is 70.4 Å². The molecule has 0 unspecified atom stereocenters. The molecule has 3 rings (SSSR count). The fraction of sp³-hybridized carbons (Fsp3) is 0.517. The number of aromatic nitrogens is 1. The van der Waals surface area contributed by atoms with E-state index in [0.29, 0.717) is 30.8 Å². The molecule has 0 saturated carbocycles. The van der Waals surface area contributed by atoms with Gasteiger partial charge in [-0.3, -0.25) is 0 Å². The first-order valence-corrected chi connectivity index (χ1v) is 13.2. The number of furan rings is 1. The van der Waals surface area contributed by atoms with E-state index in [-0.39, 0.29) is 24.9 Å². The summed E-state index contributed by atoms with van der Waals surface area (Å²) in [4.78, 5) is 3.11. The maximum Gasteiger partial charge on any atom is 0.161 e. The predicted molar refractivity (Wildman–Crippen MR) is 143 cm³/mol. The molecule has 0 radical (unpaired) electrons. The zero-order chi connectivity index (χ0) is 26.8. The lowest BCUT2D eigenvalue weighted by Gasteiger charge is -2.14. The second-order valence-electron chi connectivity index (χ2n) is 9.85. The number of benzene rings is 1. The van der Waals surface area contributed by atoms with Gasteiger partial charge in [0.2, 0.25) is 0 Å². The van der Waals surface area contributed by atoms with Crippen LogP contribution in [0.3, 0.4) is 0 Å². The molecule has 8 heteroatoms. The minimum absolute atomic E-state index is 0.00947. The predicted octanol–water partition coefficient (Wildman–Crippen LogP) is 4.12. The Labute approximate surface area is 219 Å². The number of hydrogen-bond acceptors (Lipinski definition) is 7. The van der Waals surface area contributed by atoms with Gasteiger partial charge in [-0.1, -0.05) is 26.3 Å². The largest absolute Gasteiger partial charge is 0.504 e. The lowest BCUT2D eigenvalue weighted by atomic mass is 10.0. The molecular weight excluding hydrogens is 472 g/mol. The minimum Gasteiger partial charge on any atom is -0.504 e. The van der Waals surface area contributed by atoms with E-state index in [2.05, 4.69) is 24.1 Å². The van der Waals surface area contributed by atoms with E-state index in [1.807, 2.05) is 24.4 Å². The number of H-pyrrole nitrogens is 1. The van der Waals surface area contributed by atoms with Crippen molar-refractivity contribution < 1.29 is 29.6 Å². The van der Waals surface area contributed by atoms with Crippen molar-refractivity contribution >= 4 is 0 Å². The van der Waals surface area contributed by atoms with Gasteiger partial charge in [0.25, 0.3) is 0 Å². The SMILES string of the molecule is CCCCc1oc(CCc2ccc(O)c(OC[C@H](O)c3cc([C@H](C)CNC[C@H](C)O)c[nH]3)c2)cc1CO. The number of unbranched alkanes of at least 4 members (excludes halogenated alkanes) is 1. The van der Waals surface area contributed by atoms with Gasteiger partial charge in [-0.05, 0) is 61.1 Å². The molecule has 0 aliphatic rings. The highest BCUT2D eigenvalue weighted by Gasteiger charge is 2.16. The molecule has 3 aromatic rings. The quantitative estimate of drug-likeness (QED) is 0.169. The fourth-order valence-electron chi connectivity index (χ4n) is 4.22. The van der Waals surface area contributed by atoms with Crippen molar-refractivity contribution in [2.75, 3.05) is 19.7 Å². The lowest BCUT2D eigenvalue weighted by molar-refractivity contribution is 0.103. The van der Waals surface area contributed by atoms with Gasteiger partial charge in [-0.25, -0.2) is 0 Å². The maximum absolute atomic E-state index is 10.6. The van der Waals surface area contributed by atoms with E-state index in [1.165, 1.54) is 0 Å². The average molecular weight is 515 g/mol. The first-order valence-electron chi connectivity index (χ1n) is 13.2. The first kappa shape index (κ1) is 28.8. The zero-order valence-electron chi connectivity index (χ0n) is 22.2. The standard InChI is InChI=1S/C29H42N2O6/c1-4-5-6-28-23(17-32)12-24(37-28)9-7-21-8-10-26(34)29(11-21)36-18-27(35)25-13-22(16-31-25)19(2)14-30-15-20(3)33/h8,10-13,16,19-20,27,30-35H,4-7,9,14-15,17-18H2,1-3H3/t19-,20+,27+/m1/s1. The van der Waals surface area contributed by atoms with Crippen LogP contribution in [0, 0.1) is 0 Å². The van der Waals surface area contributed by atoms with Crippen molar-refractivity contribution in [2.24, 2.45) is 0 Å². The second kappa shape index (κ2) is 14.2. The van der Waals surface area contributed by atoms with E-state index >= 15 is 0 Å². The van der Waals surface area contributed by atoms with Crippen LogP contribution in [0.2, 0.25) is 0 Å². The fourth-order valence-corrected chi connectivity index (χ4v) is 4.22. The van der Waals surface area contributed by atoms with Gasteiger partial charge in [0, 0.05) is 43.4 Å². The van der Waals surface area contributed by atoms with Crippen molar-refractivity contribution in [1.29, 1.82) is 0 Å². The van der Waals surface area contributed by atoms with Crippen LogP contribution in [-0.4, -0.2) is 51.2 Å². The third-order valence-electron chi connectivity index (χ3n) is 6.50. The van der Waals surface area contributed by atoms with Gasteiger partial charge < -0.3 is 39.9 Å². The van der Waals surface area contributed by atoms with E-state index < -0.39 is 12.2 Å². The van der Waals surface area contributed by atoms with Crippen LogP contribution in [-0.2, 0) is 25.9 Å². The molecule has 0 saturated heterocycles. The number of rotatable bonds is 16. The molecule has 0 fully saturated rings. The Bertz CT molecular complexity index is 1090. The third-order valence-corrected chi connectivity index (χ3v) is 6.50. The molecule has 6 N–H and O–H groups in total. The highest BCUT2D eigenvalue weighted by Crippen LogP contribution is 2.29. The Morgan fingerprint density at radius 3 is 2.59 bits per heavy atom. The maximum atomic E-state index is 10.6. The minimum atomic E-state index is -0.879. The Balaban J connectivity index is 1.54. The van der Waals surface area contributed by atoms with Crippen molar-refractivity contribution in [3.63, 3.8) is 0 Å². The third kappa shape index (κ3) is 8.64. The smallest absolute Gasteiger partial charge is 0.161 e. The van der Waals surface area contributed by atoms with Gasteiger partial charge in [0.1, 0.15) is 24.2 Å². The number of ether oxygens (including phenoxy) is 1. The normalized spacial score (nSPS) is 14.0. The van der Waals surface area contributed by atoms with Crippen molar-refractivity contribution in [2.45, 2.75) is 77.6 Å². The first-order chi connectivity index (χ1) is 17.8. The molecular formula is C29H42N2O6. The summed E-state index contributed by atoms with van der Waals surface area (Å²) in [7, 11) is 0. The molecule has 0 aliphatic heterocycles. The molecule has 0 bridgehead atoms. The van der Waals surface area contributed by atoms with Crippen molar-refractivity contribution in [3.8, 4) is 11.5 Å². The molecule has 3 atom stereocenters. The molecule has 2 aromatic heterocycles. The monoisotopic (exact) mass is 514 g/mol. The Kier molecular flexibility index (Phi) is 11.1. The number of phenols is 1. The second-order valence-corrected chi connectivity index (χ2v) is 9.85. The summed E-state index contributed by atoms with van der Waals surface area (Å²) in [6.07, 6.45) is 4.87. The summed E-state index contributed by atoms with van der Waals surface area (Å²) in [5.41, 5.74) is 3.52. The van der Waals surface area contributed by atoms with Gasteiger partial charge in [0.15, 0.2) is 11.5 Å². The summed E-state index contributed by atoms with van der Waals surface area (Å²) in [5, 5.41) is 43.1. The van der Waals surface area contributed by atoms with E-state index in [0.717, 1.165) is 54.0 Å². The van der Waals surface area contributed by atoms with Gasteiger partial charge >= 0.3 is 0 Å². The molecule has 0 spiro atoms. The van der Waals surface area contributed by atoms with E-state index in [9.17, 15) is 20.4 Å². The van der Waals surface area contributed by atoms with E-state index in [1.54, 1.807) is 19.1 Å². The highest BCUT2D eigenvalue weighted by molar-refractivity contribution is 5.42.